The van der Waals surface area contributed by atoms with Crippen molar-refractivity contribution >= 4 is 11.8 Å². The Bertz CT molecular complexity index is 412. The monoisotopic (exact) mass is 289 g/mol. The molecule has 6 heteroatoms. The van der Waals surface area contributed by atoms with Crippen molar-refractivity contribution in [2.24, 2.45) is 0 Å². The fourth-order valence-electron chi connectivity index (χ4n) is 2.03. The molecule has 1 heterocycles. The number of methoxy groups -OCH3 is 1. The molecular weight excluding hydrogens is 272 g/mol. The van der Waals surface area contributed by atoms with Gasteiger partial charge in [-0.25, -0.2) is 0 Å². The average Bonchev–Trinajstić information content (AvgIpc) is 2.90. The fourth-order valence-corrected chi connectivity index (χ4v) is 3.22. The third-order valence-corrected chi connectivity index (χ3v) is 4.16. The summed E-state index contributed by atoms with van der Waals surface area (Å²) >= 11 is 1.90. The first-order valence-electron chi connectivity index (χ1n) is 6.12. The van der Waals surface area contributed by atoms with Gasteiger partial charge >= 0.3 is 6.61 Å². The summed E-state index contributed by atoms with van der Waals surface area (Å²) in [5, 5.41) is 3.36. The van der Waals surface area contributed by atoms with Crippen LogP contribution in [0.4, 0.5) is 8.78 Å². The zero-order chi connectivity index (χ0) is 13.7. The van der Waals surface area contributed by atoms with Gasteiger partial charge in [-0.05, 0) is 18.2 Å². The molecule has 1 aromatic rings. The van der Waals surface area contributed by atoms with E-state index in [1.165, 1.54) is 7.11 Å². The van der Waals surface area contributed by atoms with Crippen molar-refractivity contribution < 1.29 is 18.3 Å². The molecule has 1 saturated heterocycles. The highest BCUT2D eigenvalue weighted by Gasteiger charge is 2.18. The van der Waals surface area contributed by atoms with Gasteiger partial charge in [-0.1, -0.05) is 12.1 Å². The van der Waals surface area contributed by atoms with Crippen molar-refractivity contribution in [3.8, 4) is 11.5 Å². The van der Waals surface area contributed by atoms with Crippen LogP contribution in [-0.4, -0.2) is 31.3 Å². The van der Waals surface area contributed by atoms with Gasteiger partial charge in [-0.3, -0.25) is 0 Å². The number of rotatable bonds is 6. The van der Waals surface area contributed by atoms with E-state index in [0.717, 1.165) is 17.9 Å². The molecule has 1 aliphatic rings. The zero-order valence-electron chi connectivity index (χ0n) is 10.7. The summed E-state index contributed by atoms with van der Waals surface area (Å²) < 4.78 is 34.6. The number of alkyl halides is 2. The summed E-state index contributed by atoms with van der Waals surface area (Å²) in [4.78, 5) is 0. The lowest BCUT2D eigenvalue weighted by Gasteiger charge is -2.16. The van der Waals surface area contributed by atoms with Crippen LogP contribution in [0.1, 0.15) is 12.0 Å². The van der Waals surface area contributed by atoms with Gasteiger partial charge in [0.15, 0.2) is 11.5 Å². The fraction of sp³-hybridized carbons (Fsp3) is 0.538. The minimum absolute atomic E-state index is 0.123. The molecule has 0 radical (unpaired) electrons. The molecule has 0 amide bonds. The van der Waals surface area contributed by atoms with Gasteiger partial charge in [-0.15, -0.1) is 0 Å². The van der Waals surface area contributed by atoms with Crippen LogP contribution in [-0.2, 0) is 6.54 Å². The molecule has 0 saturated carbocycles. The van der Waals surface area contributed by atoms with Gasteiger partial charge in [-0.2, -0.15) is 20.5 Å². The van der Waals surface area contributed by atoms with E-state index in [1.54, 1.807) is 18.2 Å². The van der Waals surface area contributed by atoms with Crippen molar-refractivity contribution in [3.05, 3.63) is 23.8 Å². The van der Waals surface area contributed by atoms with E-state index < -0.39 is 6.61 Å². The molecule has 19 heavy (non-hydrogen) atoms. The van der Waals surface area contributed by atoms with Gasteiger partial charge in [0.25, 0.3) is 0 Å². The van der Waals surface area contributed by atoms with Crippen molar-refractivity contribution in [3.63, 3.8) is 0 Å². The molecule has 0 bridgehead atoms. The van der Waals surface area contributed by atoms with Crippen LogP contribution < -0.4 is 14.8 Å². The van der Waals surface area contributed by atoms with Gasteiger partial charge in [0, 0.05) is 23.9 Å². The topological polar surface area (TPSA) is 30.5 Å². The molecule has 1 atom stereocenters. The second-order valence-corrected chi connectivity index (χ2v) is 5.42. The van der Waals surface area contributed by atoms with Gasteiger partial charge < -0.3 is 14.8 Å². The van der Waals surface area contributed by atoms with Crippen LogP contribution in [0.5, 0.6) is 11.5 Å². The molecule has 1 aliphatic heterocycles. The summed E-state index contributed by atoms with van der Waals surface area (Å²) in [7, 11) is 1.44. The first-order valence-corrected chi connectivity index (χ1v) is 7.28. The maximum absolute atomic E-state index is 12.5. The Labute approximate surface area is 115 Å². The predicted molar refractivity (Wildman–Crippen MR) is 72.2 cm³/mol. The molecule has 1 aromatic carbocycles. The summed E-state index contributed by atoms with van der Waals surface area (Å²) in [5.41, 5.74) is 0.691. The Hall–Kier alpha value is -1.01. The summed E-state index contributed by atoms with van der Waals surface area (Å²) in [6.45, 7) is -2.35. The standard InChI is InChI=1S/C13H17F2NO2S/c1-17-11-4-2-3-9(12(11)18-13(14)15)7-16-10-5-6-19-8-10/h2-4,10,13,16H,5-8H2,1H3. The first kappa shape index (κ1) is 14.4. The molecule has 0 aromatic heterocycles. The summed E-state index contributed by atoms with van der Waals surface area (Å²) in [5.74, 6) is 2.67. The van der Waals surface area contributed by atoms with Crippen LogP contribution in [0, 0.1) is 0 Å². The maximum atomic E-state index is 12.5. The van der Waals surface area contributed by atoms with Crippen molar-refractivity contribution in [1.82, 2.24) is 5.32 Å². The number of nitrogens with one attached hydrogen (secondary N) is 1. The number of benzene rings is 1. The minimum atomic E-state index is -2.85. The predicted octanol–water partition coefficient (Wildman–Crippen LogP) is 2.89. The summed E-state index contributed by atoms with van der Waals surface area (Å²) in [6.07, 6.45) is 1.11. The lowest BCUT2D eigenvalue weighted by atomic mass is 10.1. The van der Waals surface area contributed by atoms with Gasteiger partial charge in [0.1, 0.15) is 0 Å². The molecule has 1 unspecified atom stereocenters. The third kappa shape index (κ3) is 3.98. The van der Waals surface area contributed by atoms with Crippen molar-refractivity contribution in [2.45, 2.75) is 25.6 Å². The van der Waals surface area contributed by atoms with E-state index in [2.05, 4.69) is 10.1 Å². The number of ether oxygens (including phenoxy) is 2. The molecule has 1 N–H and O–H groups in total. The van der Waals surface area contributed by atoms with E-state index in [4.69, 9.17) is 4.74 Å². The van der Waals surface area contributed by atoms with Gasteiger partial charge in [0.05, 0.1) is 7.11 Å². The molecule has 106 valence electrons. The number of thioether (sulfide) groups is 1. The Morgan fingerprint density at radius 3 is 2.95 bits per heavy atom. The quantitative estimate of drug-likeness (QED) is 0.872. The molecule has 3 nitrogen and oxygen atoms in total. The van der Waals surface area contributed by atoms with E-state index in [-0.39, 0.29) is 5.75 Å². The second-order valence-electron chi connectivity index (χ2n) is 4.27. The van der Waals surface area contributed by atoms with Crippen LogP contribution in [0.25, 0.3) is 0 Å². The number of halogens is 2. The zero-order valence-corrected chi connectivity index (χ0v) is 11.5. The minimum Gasteiger partial charge on any atom is -0.493 e. The largest absolute Gasteiger partial charge is 0.493 e. The van der Waals surface area contributed by atoms with E-state index in [9.17, 15) is 8.78 Å². The van der Waals surface area contributed by atoms with E-state index in [1.807, 2.05) is 11.8 Å². The van der Waals surface area contributed by atoms with Crippen molar-refractivity contribution in [1.29, 1.82) is 0 Å². The molecule has 1 fully saturated rings. The first-order chi connectivity index (χ1) is 9.20. The SMILES string of the molecule is COc1cccc(CNC2CCSC2)c1OC(F)F. The lowest BCUT2D eigenvalue weighted by molar-refractivity contribution is -0.0518. The van der Waals surface area contributed by atoms with E-state index >= 15 is 0 Å². The Morgan fingerprint density at radius 2 is 2.32 bits per heavy atom. The Balaban J connectivity index is 2.08. The summed E-state index contributed by atoms with van der Waals surface area (Å²) in [6, 6.07) is 5.61. The van der Waals surface area contributed by atoms with Crippen molar-refractivity contribution in [2.75, 3.05) is 18.6 Å². The van der Waals surface area contributed by atoms with Crippen LogP contribution in [0.2, 0.25) is 0 Å². The Morgan fingerprint density at radius 1 is 1.47 bits per heavy atom. The Kier molecular flexibility index (Phi) is 5.27. The number of hydrogen-bond donors (Lipinski definition) is 1. The number of para-hydroxylation sites is 1. The van der Waals surface area contributed by atoms with Crippen LogP contribution in [0.15, 0.2) is 18.2 Å². The average molecular weight is 289 g/mol. The highest BCUT2D eigenvalue weighted by Crippen LogP contribution is 2.32. The molecule has 0 aliphatic carbocycles. The molecular formula is C13H17F2NO2S. The highest BCUT2D eigenvalue weighted by molar-refractivity contribution is 7.99. The van der Waals surface area contributed by atoms with E-state index in [0.29, 0.717) is 23.9 Å². The van der Waals surface area contributed by atoms with Crippen LogP contribution >= 0.6 is 11.8 Å². The number of hydrogen-bond acceptors (Lipinski definition) is 4. The highest BCUT2D eigenvalue weighted by atomic mass is 32.2. The molecule has 0 spiro atoms. The lowest BCUT2D eigenvalue weighted by Crippen LogP contribution is -2.28. The van der Waals surface area contributed by atoms with Crippen LogP contribution in [0.3, 0.4) is 0 Å². The second kappa shape index (κ2) is 6.96. The van der Waals surface area contributed by atoms with Gasteiger partial charge in [0.2, 0.25) is 0 Å². The third-order valence-electron chi connectivity index (χ3n) is 3.00. The molecule has 2 rings (SSSR count). The smallest absolute Gasteiger partial charge is 0.387 e. The maximum Gasteiger partial charge on any atom is 0.387 e. The normalized spacial score (nSPS) is 18.8.